The summed E-state index contributed by atoms with van der Waals surface area (Å²) in [5, 5.41) is 4.69. The second kappa shape index (κ2) is 8.30. The summed E-state index contributed by atoms with van der Waals surface area (Å²) in [6.07, 6.45) is 0. The summed E-state index contributed by atoms with van der Waals surface area (Å²) in [5.74, 6) is 2.04. The van der Waals surface area contributed by atoms with Crippen LogP contribution in [0, 0.1) is 12.8 Å². The third-order valence-electron chi connectivity index (χ3n) is 5.64. The molecule has 0 radical (unpaired) electrons. The van der Waals surface area contributed by atoms with Gasteiger partial charge >= 0.3 is 5.69 Å². The maximum atomic E-state index is 12.9. The van der Waals surface area contributed by atoms with Gasteiger partial charge in [0.1, 0.15) is 5.84 Å². The summed E-state index contributed by atoms with van der Waals surface area (Å²) < 4.78 is 3.26. The maximum absolute atomic E-state index is 12.9. The minimum atomic E-state index is -0.0903. The Morgan fingerprint density at radius 1 is 1.03 bits per heavy atom. The molecule has 30 heavy (non-hydrogen) atoms. The third-order valence-corrected chi connectivity index (χ3v) is 5.64. The van der Waals surface area contributed by atoms with Gasteiger partial charge < -0.3 is 4.90 Å². The first-order valence-electron chi connectivity index (χ1n) is 10.5. The smallest absolute Gasteiger partial charge is 0.344 e. The van der Waals surface area contributed by atoms with E-state index in [2.05, 4.69) is 55.0 Å². The Morgan fingerprint density at radius 3 is 2.40 bits per heavy atom. The largest absolute Gasteiger partial charge is 0.346 e. The molecule has 0 aliphatic carbocycles. The van der Waals surface area contributed by atoms with E-state index < -0.39 is 0 Å². The van der Waals surface area contributed by atoms with Crippen LogP contribution in [0.5, 0.6) is 0 Å². The molecule has 0 fully saturated rings. The molecule has 6 heteroatoms. The van der Waals surface area contributed by atoms with Crippen LogP contribution in [0.25, 0.3) is 0 Å². The summed E-state index contributed by atoms with van der Waals surface area (Å²) in [6, 6.07) is 18.5. The molecule has 1 aliphatic rings. The number of hydrogen-bond donors (Lipinski definition) is 0. The maximum Gasteiger partial charge on any atom is 0.346 e. The monoisotopic (exact) mass is 403 g/mol. The number of aryl methyl sites for hydroxylation is 2. The van der Waals surface area contributed by atoms with E-state index in [0.717, 1.165) is 35.9 Å². The minimum absolute atomic E-state index is 0.0369. The molecule has 1 aliphatic heterocycles. The molecule has 0 spiro atoms. The van der Waals surface area contributed by atoms with Crippen molar-refractivity contribution in [2.75, 3.05) is 13.1 Å². The van der Waals surface area contributed by atoms with Crippen LogP contribution in [0.3, 0.4) is 0 Å². The Labute approximate surface area is 177 Å². The highest BCUT2D eigenvalue weighted by molar-refractivity contribution is 6.00. The van der Waals surface area contributed by atoms with Crippen molar-refractivity contribution in [2.45, 2.75) is 33.4 Å². The molecular weight excluding hydrogens is 374 g/mol. The highest BCUT2D eigenvalue weighted by atomic mass is 16.2. The first-order valence-corrected chi connectivity index (χ1v) is 10.5. The van der Waals surface area contributed by atoms with Crippen molar-refractivity contribution in [2.24, 2.45) is 18.0 Å². The van der Waals surface area contributed by atoms with Crippen LogP contribution in [-0.2, 0) is 13.6 Å². The number of aliphatic imine (C=N–C) groups is 1. The lowest BCUT2D eigenvalue weighted by molar-refractivity contribution is 0.251. The zero-order valence-corrected chi connectivity index (χ0v) is 18.1. The predicted octanol–water partition coefficient (Wildman–Crippen LogP) is 3.40. The quantitative estimate of drug-likeness (QED) is 0.634. The lowest BCUT2D eigenvalue weighted by Crippen LogP contribution is -2.38. The molecule has 3 aromatic rings. The normalized spacial score (nSPS) is 15.0. The van der Waals surface area contributed by atoms with Crippen molar-refractivity contribution in [1.82, 2.24) is 19.2 Å². The minimum Gasteiger partial charge on any atom is -0.344 e. The Kier molecular flexibility index (Phi) is 5.57. The Morgan fingerprint density at radius 2 is 1.73 bits per heavy atom. The van der Waals surface area contributed by atoms with Crippen LogP contribution in [-0.4, -0.2) is 38.2 Å². The number of benzene rings is 2. The molecule has 0 bridgehead atoms. The third kappa shape index (κ3) is 3.82. The molecule has 0 saturated heterocycles. The summed E-state index contributed by atoms with van der Waals surface area (Å²) in [4.78, 5) is 20.1. The zero-order valence-electron chi connectivity index (χ0n) is 18.1. The molecule has 0 amide bonds. The van der Waals surface area contributed by atoms with Crippen LogP contribution in [0.2, 0.25) is 0 Å². The molecular formula is C24H29N5O. The first kappa shape index (κ1) is 20.1. The van der Waals surface area contributed by atoms with Crippen LogP contribution < -0.4 is 5.69 Å². The van der Waals surface area contributed by atoms with Crippen molar-refractivity contribution < 1.29 is 0 Å². The Hall–Kier alpha value is -3.15. The fourth-order valence-electron chi connectivity index (χ4n) is 4.14. The van der Waals surface area contributed by atoms with Crippen LogP contribution in [0.1, 0.15) is 42.4 Å². The van der Waals surface area contributed by atoms with Gasteiger partial charge in [-0.2, -0.15) is 5.10 Å². The molecule has 0 N–H and O–H groups in total. The van der Waals surface area contributed by atoms with E-state index in [4.69, 9.17) is 4.99 Å². The predicted molar refractivity (Wildman–Crippen MR) is 120 cm³/mol. The van der Waals surface area contributed by atoms with Gasteiger partial charge in [0, 0.05) is 19.2 Å². The van der Waals surface area contributed by atoms with Crippen LogP contribution in [0.15, 0.2) is 64.4 Å². The van der Waals surface area contributed by atoms with E-state index in [-0.39, 0.29) is 17.6 Å². The molecule has 156 valence electrons. The van der Waals surface area contributed by atoms with E-state index in [1.165, 1.54) is 10.2 Å². The van der Waals surface area contributed by atoms with Gasteiger partial charge in [-0.3, -0.25) is 9.56 Å². The van der Waals surface area contributed by atoms with Crippen molar-refractivity contribution >= 4 is 5.84 Å². The lowest BCUT2D eigenvalue weighted by atomic mass is 10.00. The highest BCUT2D eigenvalue weighted by Gasteiger charge is 2.34. The van der Waals surface area contributed by atoms with Gasteiger partial charge in [-0.1, -0.05) is 74.0 Å². The van der Waals surface area contributed by atoms with E-state index >= 15 is 0 Å². The topological polar surface area (TPSA) is 55.4 Å². The van der Waals surface area contributed by atoms with Gasteiger partial charge in [-0.15, -0.1) is 0 Å². The van der Waals surface area contributed by atoms with Crippen molar-refractivity contribution in [3.05, 3.63) is 87.6 Å². The van der Waals surface area contributed by atoms with Crippen LogP contribution in [0.4, 0.5) is 0 Å². The summed E-state index contributed by atoms with van der Waals surface area (Å²) in [5.41, 5.74) is 3.33. The average molecular weight is 404 g/mol. The molecule has 1 aromatic heterocycles. The summed E-state index contributed by atoms with van der Waals surface area (Å²) in [6.45, 7) is 8.54. The molecule has 0 saturated carbocycles. The zero-order chi connectivity index (χ0) is 21.3. The second-order valence-corrected chi connectivity index (χ2v) is 8.29. The van der Waals surface area contributed by atoms with Crippen LogP contribution >= 0.6 is 0 Å². The van der Waals surface area contributed by atoms with E-state index in [9.17, 15) is 4.79 Å². The average Bonchev–Trinajstić information content (AvgIpc) is 3.30. The van der Waals surface area contributed by atoms with Gasteiger partial charge in [0.05, 0.1) is 19.1 Å². The Balaban J connectivity index is 1.75. The van der Waals surface area contributed by atoms with E-state index in [1.807, 2.05) is 34.9 Å². The number of rotatable bonds is 6. The number of aromatic nitrogens is 3. The fourth-order valence-corrected chi connectivity index (χ4v) is 4.14. The second-order valence-electron chi connectivity index (χ2n) is 8.29. The van der Waals surface area contributed by atoms with Crippen molar-refractivity contribution in [3.8, 4) is 0 Å². The molecule has 6 nitrogen and oxygen atoms in total. The van der Waals surface area contributed by atoms with Gasteiger partial charge in [0.15, 0.2) is 5.82 Å². The number of hydrogen-bond acceptors (Lipinski definition) is 4. The van der Waals surface area contributed by atoms with Crippen molar-refractivity contribution in [3.63, 3.8) is 0 Å². The van der Waals surface area contributed by atoms with Gasteiger partial charge in [0.2, 0.25) is 0 Å². The highest BCUT2D eigenvalue weighted by Crippen LogP contribution is 2.31. The SMILES string of the molecule is Cc1ccc(C2=NCCN2C(c2nn(C)c(=O)n2Cc2ccccc2)C(C)C)cc1. The molecule has 1 atom stereocenters. The standard InChI is InChI=1S/C24H29N5O/c1-17(2)21(28-15-14-25-22(28)20-12-10-18(3)11-13-20)23-26-27(4)24(30)29(23)16-19-8-6-5-7-9-19/h5-13,17,21H,14-16H2,1-4H3. The van der Waals surface area contributed by atoms with Gasteiger partial charge in [-0.05, 0) is 18.4 Å². The van der Waals surface area contributed by atoms with Crippen molar-refractivity contribution in [1.29, 1.82) is 0 Å². The lowest BCUT2D eigenvalue weighted by Gasteiger charge is -2.33. The molecule has 4 rings (SSSR count). The summed E-state index contributed by atoms with van der Waals surface area (Å²) in [7, 11) is 1.73. The Bertz CT molecular complexity index is 1090. The fraction of sp³-hybridized carbons (Fsp3) is 0.375. The van der Waals surface area contributed by atoms with Gasteiger partial charge in [0.25, 0.3) is 0 Å². The molecule has 2 heterocycles. The van der Waals surface area contributed by atoms with E-state index in [0.29, 0.717) is 6.54 Å². The molecule has 2 aromatic carbocycles. The van der Waals surface area contributed by atoms with E-state index in [1.54, 1.807) is 7.05 Å². The first-order chi connectivity index (χ1) is 14.5. The number of amidine groups is 1. The van der Waals surface area contributed by atoms with Gasteiger partial charge in [-0.25, -0.2) is 9.48 Å². The summed E-state index contributed by atoms with van der Waals surface area (Å²) >= 11 is 0. The number of nitrogens with zero attached hydrogens (tertiary/aromatic N) is 5. The molecule has 1 unspecified atom stereocenters.